The van der Waals surface area contributed by atoms with Crippen LogP contribution in [0.4, 0.5) is 10.1 Å². The number of benzene rings is 1. The monoisotopic (exact) mass is 250 g/mol. The number of nitrogens with two attached hydrogens (primary N) is 1. The van der Waals surface area contributed by atoms with Crippen LogP contribution in [0.3, 0.4) is 0 Å². The van der Waals surface area contributed by atoms with Crippen LogP contribution in [-0.4, -0.2) is 19.6 Å². The van der Waals surface area contributed by atoms with Crippen molar-refractivity contribution in [1.82, 2.24) is 0 Å². The predicted octanol–water partition coefficient (Wildman–Crippen LogP) is 3.17. The summed E-state index contributed by atoms with van der Waals surface area (Å²) in [6, 6.07) is 7.07. The lowest BCUT2D eigenvalue weighted by Crippen LogP contribution is -2.44. The molecule has 1 saturated carbocycles. The second kappa shape index (κ2) is 6.19. The molecule has 0 spiro atoms. The molecule has 0 aliphatic heterocycles. The lowest BCUT2D eigenvalue weighted by atomic mass is 9.83. The Morgan fingerprint density at radius 3 is 2.39 bits per heavy atom. The van der Waals surface area contributed by atoms with Gasteiger partial charge in [-0.1, -0.05) is 19.3 Å². The fourth-order valence-corrected chi connectivity index (χ4v) is 3.05. The van der Waals surface area contributed by atoms with E-state index in [0.717, 1.165) is 5.69 Å². The second-order valence-corrected chi connectivity index (χ2v) is 5.29. The molecule has 1 atom stereocenters. The lowest BCUT2D eigenvalue weighted by molar-refractivity contribution is 0.302. The van der Waals surface area contributed by atoms with Gasteiger partial charge < -0.3 is 10.6 Å². The molecule has 3 heteroatoms. The van der Waals surface area contributed by atoms with Crippen LogP contribution in [0.2, 0.25) is 0 Å². The maximum absolute atomic E-state index is 12.9. The van der Waals surface area contributed by atoms with E-state index in [4.69, 9.17) is 5.73 Å². The van der Waals surface area contributed by atoms with E-state index in [1.54, 1.807) is 0 Å². The molecule has 2 nitrogen and oxygen atoms in total. The van der Waals surface area contributed by atoms with Gasteiger partial charge in [0.2, 0.25) is 0 Å². The number of nitrogens with zero attached hydrogens (tertiary/aromatic N) is 1. The zero-order valence-electron chi connectivity index (χ0n) is 11.1. The van der Waals surface area contributed by atoms with Crippen LogP contribution in [0, 0.1) is 11.7 Å². The topological polar surface area (TPSA) is 29.3 Å². The molecule has 2 N–H and O–H groups in total. The highest BCUT2D eigenvalue weighted by Crippen LogP contribution is 2.30. The van der Waals surface area contributed by atoms with Gasteiger partial charge >= 0.3 is 0 Å². The molecule has 1 aromatic rings. The third kappa shape index (κ3) is 3.02. The van der Waals surface area contributed by atoms with Gasteiger partial charge in [0, 0.05) is 25.3 Å². The predicted molar refractivity (Wildman–Crippen MR) is 74.2 cm³/mol. The highest BCUT2D eigenvalue weighted by Gasteiger charge is 2.25. The molecule has 0 bridgehead atoms. The van der Waals surface area contributed by atoms with E-state index in [9.17, 15) is 4.39 Å². The number of anilines is 1. The summed E-state index contributed by atoms with van der Waals surface area (Å²) in [7, 11) is 2.07. The van der Waals surface area contributed by atoms with Crippen LogP contribution in [0.15, 0.2) is 24.3 Å². The first-order chi connectivity index (χ1) is 8.72. The van der Waals surface area contributed by atoms with Crippen molar-refractivity contribution in [1.29, 1.82) is 0 Å². The number of likely N-dealkylation sites (N-methyl/N-ethyl adjacent to an activating group) is 1. The molecule has 0 amide bonds. The first kappa shape index (κ1) is 13.3. The molecule has 1 unspecified atom stereocenters. The van der Waals surface area contributed by atoms with Gasteiger partial charge in [0.1, 0.15) is 5.82 Å². The minimum atomic E-state index is -0.186. The molecular weight excluding hydrogens is 227 g/mol. The summed E-state index contributed by atoms with van der Waals surface area (Å²) in [5, 5.41) is 0. The molecule has 2 rings (SSSR count). The van der Waals surface area contributed by atoms with Crippen LogP contribution in [-0.2, 0) is 0 Å². The van der Waals surface area contributed by atoms with Crippen molar-refractivity contribution >= 4 is 5.69 Å². The Labute approximate surface area is 109 Å². The van der Waals surface area contributed by atoms with Crippen molar-refractivity contribution < 1.29 is 4.39 Å². The molecule has 0 radical (unpaired) electrons. The van der Waals surface area contributed by atoms with Crippen molar-refractivity contribution in [3.63, 3.8) is 0 Å². The summed E-state index contributed by atoms with van der Waals surface area (Å²) < 4.78 is 12.9. The van der Waals surface area contributed by atoms with E-state index in [-0.39, 0.29) is 5.82 Å². The average Bonchev–Trinajstić information content (AvgIpc) is 2.41. The Bertz CT molecular complexity index is 357. The summed E-state index contributed by atoms with van der Waals surface area (Å²) >= 11 is 0. The van der Waals surface area contributed by atoms with Crippen molar-refractivity contribution in [2.75, 3.05) is 18.5 Å². The Balaban J connectivity index is 2.08. The quantitative estimate of drug-likeness (QED) is 0.889. The van der Waals surface area contributed by atoms with Crippen LogP contribution >= 0.6 is 0 Å². The van der Waals surface area contributed by atoms with Crippen LogP contribution in [0.25, 0.3) is 0 Å². The summed E-state index contributed by atoms with van der Waals surface area (Å²) in [4.78, 5) is 2.22. The summed E-state index contributed by atoms with van der Waals surface area (Å²) in [6.07, 6.45) is 6.53. The minimum Gasteiger partial charge on any atom is -0.370 e. The minimum absolute atomic E-state index is 0.186. The van der Waals surface area contributed by atoms with Gasteiger partial charge in [-0.2, -0.15) is 0 Å². The Hall–Kier alpha value is -1.09. The van der Waals surface area contributed by atoms with E-state index in [1.807, 2.05) is 12.1 Å². The molecular formula is C15H23FN2. The molecule has 0 aromatic heterocycles. The zero-order valence-corrected chi connectivity index (χ0v) is 11.1. The Morgan fingerprint density at radius 1 is 1.22 bits per heavy atom. The maximum Gasteiger partial charge on any atom is 0.123 e. The van der Waals surface area contributed by atoms with Crippen molar-refractivity contribution in [2.45, 2.75) is 38.1 Å². The van der Waals surface area contributed by atoms with Gasteiger partial charge in [-0.25, -0.2) is 4.39 Å². The first-order valence-electron chi connectivity index (χ1n) is 6.91. The third-order valence-electron chi connectivity index (χ3n) is 4.17. The molecule has 1 aliphatic rings. The SMILES string of the molecule is CN(c1ccc(F)cc1)C(CN)C1CCCCC1. The van der Waals surface area contributed by atoms with E-state index in [2.05, 4.69) is 11.9 Å². The number of hydrogen-bond donors (Lipinski definition) is 1. The molecule has 18 heavy (non-hydrogen) atoms. The molecule has 1 aliphatic carbocycles. The van der Waals surface area contributed by atoms with E-state index in [1.165, 1.54) is 44.2 Å². The normalized spacial score (nSPS) is 18.6. The van der Waals surface area contributed by atoms with Gasteiger partial charge in [0.05, 0.1) is 0 Å². The zero-order chi connectivity index (χ0) is 13.0. The van der Waals surface area contributed by atoms with E-state index in [0.29, 0.717) is 18.5 Å². The van der Waals surface area contributed by atoms with Crippen molar-refractivity contribution in [3.05, 3.63) is 30.1 Å². The molecule has 0 heterocycles. The molecule has 1 fully saturated rings. The highest BCUT2D eigenvalue weighted by atomic mass is 19.1. The Kier molecular flexibility index (Phi) is 4.59. The fourth-order valence-electron chi connectivity index (χ4n) is 3.05. The van der Waals surface area contributed by atoms with E-state index < -0.39 is 0 Å². The van der Waals surface area contributed by atoms with Crippen LogP contribution in [0.1, 0.15) is 32.1 Å². The standard InChI is InChI=1S/C15H23FN2/c1-18(14-9-7-13(16)8-10-14)15(11-17)12-5-3-2-4-6-12/h7-10,12,15H,2-6,11,17H2,1H3. The van der Waals surface area contributed by atoms with Crippen molar-refractivity contribution in [2.24, 2.45) is 11.7 Å². The average molecular weight is 250 g/mol. The first-order valence-corrected chi connectivity index (χ1v) is 6.91. The summed E-state index contributed by atoms with van der Waals surface area (Å²) in [5.41, 5.74) is 7.01. The molecule has 1 aromatic carbocycles. The van der Waals surface area contributed by atoms with Gasteiger partial charge in [-0.05, 0) is 43.0 Å². The van der Waals surface area contributed by atoms with Crippen LogP contribution in [0.5, 0.6) is 0 Å². The largest absolute Gasteiger partial charge is 0.370 e. The fraction of sp³-hybridized carbons (Fsp3) is 0.600. The third-order valence-corrected chi connectivity index (χ3v) is 4.17. The number of halogens is 1. The van der Waals surface area contributed by atoms with Gasteiger partial charge in [-0.15, -0.1) is 0 Å². The smallest absolute Gasteiger partial charge is 0.123 e. The molecule has 0 saturated heterocycles. The second-order valence-electron chi connectivity index (χ2n) is 5.29. The van der Waals surface area contributed by atoms with Gasteiger partial charge in [0.15, 0.2) is 0 Å². The number of hydrogen-bond acceptors (Lipinski definition) is 2. The lowest BCUT2D eigenvalue weighted by Gasteiger charge is -2.37. The summed E-state index contributed by atoms with van der Waals surface area (Å²) in [5.74, 6) is 0.493. The van der Waals surface area contributed by atoms with Gasteiger partial charge in [0.25, 0.3) is 0 Å². The van der Waals surface area contributed by atoms with Gasteiger partial charge in [-0.3, -0.25) is 0 Å². The summed E-state index contributed by atoms with van der Waals surface area (Å²) in [6.45, 7) is 0.665. The Morgan fingerprint density at radius 2 is 1.83 bits per heavy atom. The highest BCUT2D eigenvalue weighted by molar-refractivity contribution is 5.46. The maximum atomic E-state index is 12.9. The van der Waals surface area contributed by atoms with Crippen molar-refractivity contribution in [3.8, 4) is 0 Å². The van der Waals surface area contributed by atoms with E-state index >= 15 is 0 Å². The van der Waals surface area contributed by atoms with Crippen LogP contribution < -0.4 is 10.6 Å². The molecule has 100 valence electrons. The number of rotatable bonds is 4.